The predicted octanol–water partition coefficient (Wildman–Crippen LogP) is 1.64. The number of hydrogen-bond donors (Lipinski definition) is 1. The molecule has 1 aliphatic rings. The molecule has 6 nitrogen and oxygen atoms in total. The first-order chi connectivity index (χ1) is 12.2. The van der Waals surface area contributed by atoms with E-state index in [0.29, 0.717) is 36.9 Å². The Hall–Kier alpha value is -2.04. The third kappa shape index (κ3) is 3.87. The Morgan fingerprint density at radius 3 is 2.35 bits per heavy atom. The van der Waals surface area contributed by atoms with Crippen molar-refractivity contribution in [2.45, 2.75) is 11.3 Å². The first-order valence-corrected chi connectivity index (χ1v) is 10.8. The van der Waals surface area contributed by atoms with Crippen LogP contribution in [0.15, 0.2) is 47.4 Å². The minimum absolute atomic E-state index is 0.295. The monoisotopic (exact) mass is 402 g/mol. The van der Waals surface area contributed by atoms with Crippen LogP contribution in [0.5, 0.6) is 0 Å². The van der Waals surface area contributed by atoms with Crippen LogP contribution in [-0.4, -0.2) is 35.7 Å². The average Bonchev–Trinajstić information content (AvgIpc) is 2.98. The second kappa shape index (κ2) is 6.93. The van der Waals surface area contributed by atoms with E-state index < -0.39 is 48.9 Å². The minimum atomic E-state index is -4.22. The van der Waals surface area contributed by atoms with Crippen LogP contribution in [0.2, 0.25) is 0 Å². The first kappa shape index (κ1) is 18.7. The van der Waals surface area contributed by atoms with Crippen molar-refractivity contribution >= 4 is 25.7 Å². The van der Waals surface area contributed by atoms with Crippen LogP contribution in [0.4, 0.5) is 14.5 Å². The molecule has 2 aromatic carbocycles. The van der Waals surface area contributed by atoms with Gasteiger partial charge in [-0.3, -0.25) is 4.31 Å². The molecular weight excluding hydrogens is 386 g/mol. The second-order valence-corrected chi connectivity index (χ2v) is 9.55. The molecule has 3 rings (SSSR count). The molecule has 1 N–H and O–H groups in total. The summed E-state index contributed by atoms with van der Waals surface area (Å²) in [6.07, 6.45) is 0.587. The topological polar surface area (TPSA) is 83.5 Å². The summed E-state index contributed by atoms with van der Waals surface area (Å²) in [5, 5.41) is 0. The lowest BCUT2D eigenvalue weighted by molar-refractivity contribution is 0.561. The van der Waals surface area contributed by atoms with Crippen molar-refractivity contribution in [1.82, 2.24) is 4.72 Å². The molecule has 0 amide bonds. The fourth-order valence-corrected chi connectivity index (χ4v) is 5.41. The molecule has 0 aliphatic carbocycles. The molecule has 0 fully saturated rings. The van der Waals surface area contributed by atoms with Gasteiger partial charge in [0.2, 0.25) is 20.0 Å². The van der Waals surface area contributed by atoms with E-state index in [4.69, 9.17) is 0 Å². The van der Waals surface area contributed by atoms with Crippen molar-refractivity contribution in [3.05, 3.63) is 59.7 Å². The number of nitrogens with zero attached hydrogens (tertiary/aromatic N) is 1. The van der Waals surface area contributed by atoms with Gasteiger partial charge in [0.25, 0.3) is 0 Å². The van der Waals surface area contributed by atoms with Crippen LogP contribution in [-0.2, 0) is 26.5 Å². The Balaban J connectivity index is 1.69. The van der Waals surface area contributed by atoms with E-state index in [1.807, 2.05) is 12.1 Å². The zero-order chi connectivity index (χ0) is 18.9. The molecule has 0 saturated heterocycles. The van der Waals surface area contributed by atoms with Gasteiger partial charge >= 0.3 is 0 Å². The van der Waals surface area contributed by atoms with Crippen molar-refractivity contribution in [2.24, 2.45) is 0 Å². The summed E-state index contributed by atoms with van der Waals surface area (Å²) in [5.74, 6) is -2.54. The zero-order valence-corrected chi connectivity index (χ0v) is 15.2. The predicted molar refractivity (Wildman–Crippen MR) is 92.8 cm³/mol. The summed E-state index contributed by atoms with van der Waals surface area (Å²) in [4.78, 5) is -0.598. The lowest BCUT2D eigenvalue weighted by atomic mass is 10.2. The van der Waals surface area contributed by atoms with Crippen LogP contribution in [0.3, 0.4) is 0 Å². The minimum Gasteiger partial charge on any atom is -0.270 e. The molecule has 0 saturated carbocycles. The number of rotatable bonds is 6. The van der Waals surface area contributed by atoms with Gasteiger partial charge in [-0.15, -0.1) is 0 Å². The van der Waals surface area contributed by atoms with Crippen LogP contribution >= 0.6 is 0 Å². The summed E-state index contributed by atoms with van der Waals surface area (Å²) < 4.78 is 78.8. The van der Waals surface area contributed by atoms with Gasteiger partial charge in [0.15, 0.2) is 0 Å². The van der Waals surface area contributed by atoms with E-state index in [9.17, 15) is 25.6 Å². The number of sulfonamides is 2. The smallest absolute Gasteiger partial charge is 0.240 e. The molecule has 1 heterocycles. The number of para-hydroxylation sites is 1. The standard InChI is InChI=1S/C16H16F2N2O4S2/c17-13-9-14(18)11-15(10-13)26(23,24)19-6-8-25(21,22)20-7-5-12-3-1-2-4-16(12)20/h1-4,9-11,19H,5-8H2. The number of fused-ring (bicyclic) bond motifs is 1. The number of anilines is 1. The third-order valence-electron chi connectivity index (χ3n) is 3.98. The maximum Gasteiger partial charge on any atom is 0.240 e. The van der Waals surface area contributed by atoms with Gasteiger partial charge < -0.3 is 0 Å². The van der Waals surface area contributed by atoms with E-state index in [1.165, 1.54) is 4.31 Å². The third-order valence-corrected chi connectivity index (χ3v) is 7.19. The van der Waals surface area contributed by atoms with Crippen molar-refractivity contribution in [3.63, 3.8) is 0 Å². The molecule has 1 aliphatic heterocycles. The van der Waals surface area contributed by atoms with E-state index in [1.54, 1.807) is 12.1 Å². The SMILES string of the molecule is O=S(=O)(NCCS(=O)(=O)N1CCc2ccccc21)c1cc(F)cc(F)c1. The number of hydrogen-bond acceptors (Lipinski definition) is 4. The molecule has 140 valence electrons. The number of halogens is 2. The van der Waals surface area contributed by atoms with Crippen LogP contribution < -0.4 is 9.03 Å². The average molecular weight is 402 g/mol. The fourth-order valence-electron chi connectivity index (χ4n) is 2.78. The molecule has 0 radical (unpaired) electrons. The number of nitrogens with one attached hydrogen (secondary N) is 1. The largest absolute Gasteiger partial charge is 0.270 e. The Labute approximate surface area is 150 Å². The Morgan fingerprint density at radius 2 is 1.65 bits per heavy atom. The molecule has 0 atom stereocenters. The molecular formula is C16H16F2N2O4S2. The van der Waals surface area contributed by atoms with Crippen molar-refractivity contribution < 1.29 is 25.6 Å². The van der Waals surface area contributed by atoms with Gasteiger partial charge in [-0.05, 0) is 30.2 Å². The lowest BCUT2D eigenvalue weighted by Gasteiger charge is -2.19. The van der Waals surface area contributed by atoms with Gasteiger partial charge in [0.1, 0.15) is 11.6 Å². The van der Waals surface area contributed by atoms with Crippen LogP contribution in [0.25, 0.3) is 0 Å². The zero-order valence-electron chi connectivity index (χ0n) is 13.5. The van der Waals surface area contributed by atoms with E-state index in [0.717, 1.165) is 5.56 Å². The van der Waals surface area contributed by atoms with Crippen LogP contribution in [0.1, 0.15) is 5.56 Å². The molecule has 0 spiro atoms. The lowest BCUT2D eigenvalue weighted by Crippen LogP contribution is -2.37. The quantitative estimate of drug-likeness (QED) is 0.796. The highest BCUT2D eigenvalue weighted by molar-refractivity contribution is 7.93. The fraction of sp³-hybridized carbons (Fsp3) is 0.250. The van der Waals surface area contributed by atoms with Gasteiger partial charge in [-0.1, -0.05) is 18.2 Å². The molecule has 0 unspecified atom stereocenters. The van der Waals surface area contributed by atoms with E-state index in [2.05, 4.69) is 4.72 Å². The highest BCUT2D eigenvalue weighted by Crippen LogP contribution is 2.29. The highest BCUT2D eigenvalue weighted by Gasteiger charge is 2.29. The number of benzene rings is 2. The highest BCUT2D eigenvalue weighted by atomic mass is 32.2. The van der Waals surface area contributed by atoms with E-state index in [-0.39, 0.29) is 0 Å². The normalized spacial score (nSPS) is 14.5. The summed E-state index contributed by atoms with van der Waals surface area (Å²) in [6, 6.07) is 8.96. The molecule has 2 aromatic rings. The van der Waals surface area contributed by atoms with Crippen molar-refractivity contribution in [1.29, 1.82) is 0 Å². The molecule has 26 heavy (non-hydrogen) atoms. The summed E-state index contributed by atoms with van der Waals surface area (Å²) in [7, 11) is -7.96. The van der Waals surface area contributed by atoms with Gasteiger partial charge in [-0.25, -0.2) is 30.3 Å². The van der Waals surface area contributed by atoms with Gasteiger partial charge in [0.05, 0.1) is 16.3 Å². The summed E-state index contributed by atoms with van der Waals surface area (Å²) >= 11 is 0. The molecule has 0 bridgehead atoms. The summed E-state index contributed by atoms with van der Waals surface area (Å²) in [5.41, 5.74) is 1.49. The van der Waals surface area contributed by atoms with Crippen molar-refractivity contribution in [2.75, 3.05) is 23.1 Å². The van der Waals surface area contributed by atoms with Gasteiger partial charge in [-0.2, -0.15) is 0 Å². The summed E-state index contributed by atoms with van der Waals surface area (Å²) in [6.45, 7) is -0.120. The first-order valence-electron chi connectivity index (χ1n) is 7.73. The Bertz CT molecular complexity index is 1020. The van der Waals surface area contributed by atoms with Crippen molar-refractivity contribution in [3.8, 4) is 0 Å². The Kier molecular flexibility index (Phi) is 5.00. The Morgan fingerprint density at radius 1 is 1.00 bits per heavy atom. The molecule has 10 heteroatoms. The van der Waals surface area contributed by atoms with Crippen LogP contribution in [0, 0.1) is 11.6 Å². The van der Waals surface area contributed by atoms with Gasteiger partial charge in [0, 0.05) is 19.2 Å². The van der Waals surface area contributed by atoms with E-state index >= 15 is 0 Å². The second-order valence-electron chi connectivity index (χ2n) is 5.77. The molecule has 0 aromatic heterocycles. The maximum atomic E-state index is 13.2. The maximum absolute atomic E-state index is 13.2.